The van der Waals surface area contributed by atoms with Crippen molar-refractivity contribution in [2.24, 2.45) is 4.99 Å². The predicted octanol–water partition coefficient (Wildman–Crippen LogP) is 1.74. The molecule has 0 fully saturated rings. The summed E-state index contributed by atoms with van der Waals surface area (Å²) in [6.07, 6.45) is 1.73. The molecule has 2 aromatic heterocycles. The largest absolute Gasteiger partial charge is 0.350 e. The second-order valence-electron chi connectivity index (χ2n) is 5.13. The van der Waals surface area contributed by atoms with Crippen LogP contribution in [0.15, 0.2) is 16.7 Å². The zero-order chi connectivity index (χ0) is 15.9. The van der Waals surface area contributed by atoms with Gasteiger partial charge in [-0.15, -0.1) is 21.5 Å². The first-order valence-corrected chi connectivity index (χ1v) is 8.27. The van der Waals surface area contributed by atoms with Gasteiger partial charge in [-0.2, -0.15) is 0 Å². The van der Waals surface area contributed by atoms with Gasteiger partial charge in [0.05, 0.1) is 18.8 Å². The molecular formula is C14H23N7S. The van der Waals surface area contributed by atoms with Gasteiger partial charge in [-0.25, -0.2) is 4.98 Å². The maximum atomic E-state index is 4.60. The molecule has 0 saturated heterocycles. The summed E-state index contributed by atoms with van der Waals surface area (Å²) in [4.78, 5) is 8.81. The van der Waals surface area contributed by atoms with Crippen molar-refractivity contribution in [3.63, 3.8) is 0 Å². The Kier molecular flexibility index (Phi) is 5.88. The summed E-state index contributed by atoms with van der Waals surface area (Å²) in [7, 11) is 1.75. The Morgan fingerprint density at radius 1 is 1.36 bits per heavy atom. The lowest BCUT2D eigenvalue weighted by atomic mass is 10.2. The first-order chi connectivity index (χ1) is 10.6. The molecule has 8 heteroatoms. The first-order valence-electron chi connectivity index (χ1n) is 7.39. The molecule has 7 nitrogen and oxygen atoms in total. The highest BCUT2D eigenvalue weighted by molar-refractivity contribution is 7.09. The number of guanidine groups is 1. The number of hydrogen-bond donors (Lipinski definition) is 2. The molecular weight excluding hydrogens is 298 g/mol. The molecule has 2 N–H and O–H groups in total. The van der Waals surface area contributed by atoms with E-state index in [1.54, 1.807) is 24.7 Å². The van der Waals surface area contributed by atoms with E-state index in [0.29, 0.717) is 19.0 Å². The Morgan fingerprint density at radius 2 is 2.14 bits per heavy atom. The van der Waals surface area contributed by atoms with E-state index >= 15 is 0 Å². The predicted molar refractivity (Wildman–Crippen MR) is 88.9 cm³/mol. The molecule has 0 aliphatic heterocycles. The summed E-state index contributed by atoms with van der Waals surface area (Å²) in [5.41, 5.74) is 1.14. The average molecular weight is 321 g/mol. The van der Waals surface area contributed by atoms with Crippen molar-refractivity contribution in [2.75, 3.05) is 7.05 Å². The first kappa shape index (κ1) is 16.4. The number of aliphatic imine (C=N–C) groups is 1. The number of nitrogens with zero attached hydrogens (tertiary/aromatic N) is 5. The molecule has 2 aromatic rings. The van der Waals surface area contributed by atoms with Crippen LogP contribution in [0.25, 0.3) is 0 Å². The molecule has 0 aliphatic carbocycles. The molecule has 0 amide bonds. The maximum Gasteiger partial charge on any atom is 0.191 e. The second-order valence-corrected chi connectivity index (χ2v) is 6.08. The smallest absolute Gasteiger partial charge is 0.191 e. The topological polar surface area (TPSA) is 80.0 Å². The van der Waals surface area contributed by atoms with E-state index in [0.717, 1.165) is 29.0 Å². The van der Waals surface area contributed by atoms with Crippen molar-refractivity contribution in [2.45, 2.75) is 46.3 Å². The van der Waals surface area contributed by atoms with Crippen LogP contribution in [-0.4, -0.2) is 32.8 Å². The Hall–Kier alpha value is -1.96. The van der Waals surface area contributed by atoms with Crippen molar-refractivity contribution in [3.05, 3.63) is 28.2 Å². The number of aromatic nitrogens is 4. The van der Waals surface area contributed by atoms with Gasteiger partial charge in [-0.3, -0.25) is 4.99 Å². The Bertz CT molecular complexity index is 614. The summed E-state index contributed by atoms with van der Waals surface area (Å²) < 4.78 is 2.00. The number of hydrogen-bond acceptors (Lipinski definition) is 5. The van der Waals surface area contributed by atoms with E-state index in [-0.39, 0.29) is 0 Å². The Balaban J connectivity index is 1.84. The lowest BCUT2D eigenvalue weighted by molar-refractivity contribution is 0.669. The fourth-order valence-corrected chi connectivity index (χ4v) is 2.79. The third kappa shape index (κ3) is 4.27. The van der Waals surface area contributed by atoms with Crippen LogP contribution in [0, 0.1) is 0 Å². The third-order valence-electron chi connectivity index (χ3n) is 3.24. The molecule has 0 spiro atoms. The standard InChI is InChI=1S/C14H23N7S/c1-5-21-9-18-20-12(21)6-16-14(15-4)17-7-13-19-11(8-22-13)10(2)3/h8-10H,5-7H2,1-4H3,(H2,15,16,17). The molecule has 2 heterocycles. The monoisotopic (exact) mass is 321 g/mol. The average Bonchev–Trinajstić information content (AvgIpc) is 3.16. The van der Waals surface area contributed by atoms with Crippen LogP contribution >= 0.6 is 11.3 Å². The fraction of sp³-hybridized carbons (Fsp3) is 0.571. The summed E-state index contributed by atoms with van der Waals surface area (Å²) in [5.74, 6) is 2.08. The molecule has 120 valence electrons. The number of thiazole rings is 1. The van der Waals surface area contributed by atoms with E-state index in [1.165, 1.54) is 0 Å². The van der Waals surface area contributed by atoms with Crippen LogP contribution in [-0.2, 0) is 19.6 Å². The summed E-state index contributed by atoms with van der Waals surface area (Å²) in [5, 5.41) is 17.7. The van der Waals surface area contributed by atoms with Crippen LogP contribution in [0.5, 0.6) is 0 Å². The minimum Gasteiger partial charge on any atom is -0.350 e. The van der Waals surface area contributed by atoms with Gasteiger partial charge >= 0.3 is 0 Å². The molecule has 0 aliphatic rings. The van der Waals surface area contributed by atoms with Crippen molar-refractivity contribution in [3.8, 4) is 0 Å². The van der Waals surface area contributed by atoms with E-state index in [1.807, 2.05) is 4.57 Å². The van der Waals surface area contributed by atoms with Gasteiger partial charge < -0.3 is 15.2 Å². The summed E-state index contributed by atoms with van der Waals surface area (Å²) in [6, 6.07) is 0. The van der Waals surface area contributed by atoms with Gasteiger partial charge in [0.25, 0.3) is 0 Å². The minimum atomic E-state index is 0.461. The van der Waals surface area contributed by atoms with E-state index in [2.05, 4.69) is 57.0 Å². The van der Waals surface area contributed by atoms with Gasteiger partial charge in [0, 0.05) is 19.0 Å². The molecule has 0 atom stereocenters. The highest BCUT2D eigenvalue weighted by Crippen LogP contribution is 2.17. The highest BCUT2D eigenvalue weighted by Gasteiger charge is 2.07. The third-order valence-corrected chi connectivity index (χ3v) is 4.11. The quantitative estimate of drug-likeness (QED) is 0.626. The van der Waals surface area contributed by atoms with Crippen LogP contribution in [0.1, 0.15) is 43.2 Å². The zero-order valence-corrected chi connectivity index (χ0v) is 14.3. The molecule has 22 heavy (non-hydrogen) atoms. The SMILES string of the molecule is CCn1cnnc1CNC(=NC)NCc1nc(C(C)C)cs1. The lowest BCUT2D eigenvalue weighted by Gasteiger charge is -2.10. The van der Waals surface area contributed by atoms with Gasteiger partial charge in [-0.1, -0.05) is 13.8 Å². The van der Waals surface area contributed by atoms with Crippen molar-refractivity contribution in [1.82, 2.24) is 30.4 Å². The lowest BCUT2D eigenvalue weighted by Crippen LogP contribution is -2.37. The van der Waals surface area contributed by atoms with Gasteiger partial charge in [0.2, 0.25) is 0 Å². The number of aryl methyl sites for hydroxylation is 1. The normalized spacial score (nSPS) is 12.0. The zero-order valence-electron chi connectivity index (χ0n) is 13.5. The molecule has 0 radical (unpaired) electrons. The van der Waals surface area contributed by atoms with Gasteiger partial charge in [-0.05, 0) is 12.8 Å². The van der Waals surface area contributed by atoms with Crippen molar-refractivity contribution >= 4 is 17.3 Å². The maximum absolute atomic E-state index is 4.60. The Labute approximate surface area is 134 Å². The van der Waals surface area contributed by atoms with E-state index in [9.17, 15) is 0 Å². The molecule has 2 rings (SSSR count). The van der Waals surface area contributed by atoms with Crippen molar-refractivity contribution in [1.29, 1.82) is 0 Å². The van der Waals surface area contributed by atoms with Gasteiger partial charge in [0.1, 0.15) is 11.3 Å². The van der Waals surface area contributed by atoms with Crippen LogP contribution < -0.4 is 10.6 Å². The molecule has 0 unspecified atom stereocenters. The Morgan fingerprint density at radius 3 is 2.77 bits per heavy atom. The van der Waals surface area contributed by atoms with Crippen LogP contribution in [0.4, 0.5) is 0 Å². The van der Waals surface area contributed by atoms with Gasteiger partial charge in [0.15, 0.2) is 11.8 Å². The van der Waals surface area contributed by atoms with E-state index in [4.69, 9.17) is 0 Å². The summed E-state index contributed by atoms with van der Waals surface area (Å²) in [6.45, 7) is 8.47. The summed E-state index contributed by atoms with van der Waals surface area (Å²) >= 11 is 1.67. The fourth-order valence-electron chi connectivity index (χ4n) is 1.89. The highest BCUT2D eigenvalue weighted by atomic mass is 32.1. The molecule has 0 saturated carbocycles. The van der Waals surface area contributed by atoms with E-state index < -0.39 is 0 Å². The second kappa shape index (κ2) is 7.88. The number of nitrogens with one attached hydrogen (secondary N) is 2. The number of rotatable bonds is 6. The molecule has 0 aromatic carbocycles. The van der Waals surface area contributed by atoms with Crippen LogP contribution in [0.3, 0.4) is 0 Å². The van der Waals surface area contributed by atoms with Crippen molar-refractivity contribution < 1.29 is 0 Å². The molecule has 0 bridgehead atoms. The van der Waals surface area contributed by atoms with Crippen LogP contribution in [0.2, 0.25) is 0 Å². The minimum absolute atomic E-state index is 0.461.